The topological polar surface area (TPSA) is 60.3 Å². The van der Waals surface area contributed by atoms with E-state index in [0.29, 0.717) is 18.0 Å². The van der Waals surface area contributed by atoms with E-state index in [9.17, 15) is 9.59 Å². The molecule has 0 aliphatic heterocycles. The van der Waals surface area contributed by atoms with Crippen molar-refractivity contribution >= 4 is 33.1 Å². The summed E-state index contributed by atoms with van der Waals surface area (Å²) in [7, 11) is 0. The van der Waals surface area contributed by atoms with Crippen molar-refractivity contribution in [1.82, 2.24) is 4.57 Å². The third kappa shape index (κ3) is 3.51. The zero-order valence-electron chi connectivity index (χ0n) is 15.3. The number of carbonyl (C=O) groups excluding carboxylic acids is 1. The van der Waals surface area contributed by atoms with Crippen LogP contribution in [0.15, 0.2) is 41.2 Å². The minimum Gasteiger partial charge on any atom is -0.481 e. The van der Waals surface area contributed by atoms with E-state index in [1.807, 2.05) is 57.2 Å². The number of amides is 1. The van der Waals surface area contributed by atoms with E-state index in [0.717, 1.165) is 21.3 Å². The van der Waals surface area contributed by atoms with E-state index in [2.05, 4.69) is 5.32 Å². The number of hydrogen-bond donors (Lipinski definition) is 1. The van der Waals surface area contributed by atoms with Gasteiger partial charge in [0.1, 0.15) is 5.75 Å². The SMILES string of the molecule is CCn1c(=O)sc2cc(NC(=O)C(C)Oc3cccc(C)c3C)ccc21. The summed E-state index contributed by atoms with van der Waals surface area (Å²) in [6.45, 7) is 8.28. The number of aromatic nitrogens is 1. The number of ether oxygens (including phenoxy) is 1. The molecular formula is C20H22N2O3S. The van der Waals surface area contributed by atoms with Gasteiger partial charge < -0.3 is 10.1 Å². The van der Waals surface area contributed by atoms with Gasteiger partial charge in [0.15, 0.2) is 6.10 Å². The van der Waals surface area contributed by atoms with Crippen LogP contribution in [0.2, 0.25) is 0 Å². The largest absolute Gasteiger partial charge is 0.481 e. The molecule has 26 heavy (non-hydrogen) atoms. The number of fused-ring (bicyclic) bond motifs is 1. The smallest absolute Gasteiger partial charge is 0.308 e. The fourth-order valence-corrected chi connectivity index (χ4v) is 3.78. The average molecular weight is 370 g/mol. The molecular weight excluding hydrogens is 348 g/mol. The Morgan fingerprint density at radius 2 is 2.04 bits per heavy atom. The predicted molar refractivity (Wildman–Crippen MR) is 106 cm³/mol. The highest BCUT2D eigenvalue weighted by molar-refractivity contribution is 7.16. The fourth-order valence-electron chi connectivity index (χ4n) is 2.78. The number of benzene rings is 2. The summed E-state index contributed by atoms with van der Waals surface area (Å²) in [4.78, 5) is 24.4. The van der Waals surface area contributed by atoms with Crippen molar-refractivity contribution in [3.63, 3.8) is 0 Å². The fraction of sp³-hybridized carbons (Fsp3) is 0.300. The van der Waals surface area contributed by atoms with Crippen LogP contribution in [0.25, 0.3) is 10.2 Å². The molecule has 136 valence electrons. The van der Waals surface area contributed by atoms with Gasteiger partial charge in [0, 0.05) is 12.2 Å². The summed E-state index contributed by atoms with van der Waals surface area (Å²) < 4.78 is 8.40. The number of aryl methyl sites for hydroxylation is 2. The summed E-state index contributed by atoms with van der Waals surface area (Å²) in [6, 6.07) is 11.3. The Bertz CT molecular complexity index is 1020. The van der Waals surface area contributed by atoms with Crippen LogP contribution >= 0.6 is 11.3 Å². The minimum absolute atomic E-state index is 0.0117. The maximum absolute atomic E-state index is 12.5. The molecule has 0 saturated heterocycles. The van der Waals surface area contributed by atoms with Crippen molar-refractivity contribution in [2.24, 2.45) is 0 Å². The number of rotatable bonds is 5. The Hall–Kier alpha value is -2.60. The molecule has 1 aromatic heterocycles. The van der Waals surface area contributed by atoms with Gasteiger partial charge in [-0.05, 0) is 63.1 Å². The first kappa shape index (κ1) is 18.2. The lowest BCUT2D eigenvalue weighted by molar-refractivity contribution is -0.122. The summed E-state index contributed by atoms with van der Waals surface area (Å²) in [6.07, 6.45) is -0.634. The first-order valence-corrected chi connectivity index (χ1v) is 9.39. The van der Waals surface area contributed by atoms with Gasteiger partial charge in [0.25, 0.3) is 5.91 Å². The van der Waals surface area contributed by atoms with E-state index in [4.69, 9.17) is 4.74 Å². The third-order valence-electron chi connectivity index (χ3n) is 4.48. The second-order valence-electron chi connectivity index (χ2n) is 6.24. The molecule has 3 aromatic rings. The van der Waals surface area contributed by atoms with Gasteiger partial charge in [-0.25, -0.2) is 0 Å². The van der Waals surface area contributed by atoms with Crippen molar-refractivity contribution in [1.29, 1.82) is 0 Å². The Balaban J connectivity index is 1.75. The molecule has 0 spiro atoms. The number of carbonyl (C=O) groups is 1. The highest BCUT2D eigenvalue weighted by atomic mass is 32.1. The first-order valence-electron chi connectivity index (χ1n) is 8.57. The van der Waals surface area contributed by atoms with Crippen LogP contribution in [0, 0.1) is 13.8 Å². The van der Waals surface area contributed by atoms with E-state index in [1.54, 1.807) is 11.5 Å². The second-order valence-corrected chi connectivity index (χ2v) is 7.24. The van der Waals surface area contributed by atoms with Gasteiger partial charge in [-0.2, -0.15) is 0 Å². The molecule has 2 aromatic carbocycles. The van der Waals surface area contributed by atoms with Crippen LogP contribution in [0.1, 0.15) is 25.0 Å². The van der Waals surface area contributed by atoms with Crippen molar-refractivity contribution in [3.8, 4) is 5.75 Å². The highest BCUT2D eigenvalue weighted by Gasteiger charge is 2.17. The monoisotopic (exact) mass is 370 g/mol. The summed E-state index contributed by atoms with van der Waals surface area (Å²) >= 11 is 1.18. The number of thiazole rings is 1. The molecule has 1 heterocycles. The van der Waals surface area contributed by atoms with Crippen LogP contribution in [-0.2, 0) is 11.3 Å². The Kier molecular flexibility index (Phi) is 5.13. The number of nitrogens with one attached hydrogen (secondary N) is 1. The van der Waals surface area contributed by atoms with Crippen LogP contribution < -0.4 is 14.9 Å². The normalized spacial score (nSPS) is 12.2. The Morgan fingerprint density at radius 1 is 1.27 bits per heavy atom. The summed E-state index contributed by atoms with van der Waals surface area (Å²) in [5, 5.41) is 2.87. The molecule has 6 heteroatoms. The molecule has 1 unspecified atom stereocenters. The van der Waals surface area contributed by atoms with Gasteiger partial charge in [0.05, 0.1) is 10.2 Å². The lowest BCUT2D eigenvalue weighted by Crippen LogP contribution is -2.30. The van der Waals surface area contributed by atoms with E-state index in [1.165, 1.54) is 11.3 Å². The quantitative estimate of drug-likeness (QED) is 0.735. The number of hydrogen-bond acceptors (Lipinski definition) is 4. The molecule has 0 bridgehead atoms. The Morgan fingerprint density at radius 3 is 2.77 bits per heavy atom. The lowest BCUT2D eigenvalue weighted by Gasteiger charge is -2.17. The number of anilines is 1. The first-order chi connectivity index (χ1) is 12.4. The third-order valence-corrected chi connectivity index (χ3v) is 5.42. The van der Waals surface area contributed by atoms with Gasteiger partial charge in [-0.1, -0.05) is 23.5 Å². The van der Waals surface area contributed by atoms with Crippen LogP contribution in [-0.4, -0.2) is 16.6 Å². The van der Waals surface area contributed by atoms with Crippen molar-refractivity contribution < 1.29 is 9.53 Å². The van der Waals surface area contributed by atoms with E-state index in [-0.39, 0.29) is 10.8 Å². The standard InChI is InChI=1S/C20H22N2O3S/c1-5-22-16-10-9-15(11-18(16)26-20(22)24)21-19(23)14(4)25-17-8-6-7-12(2)13(17)3/h6-11,14H,5H2,1-4H3,(H,21,23). The van der Waals surface area contributed by atoms with Crippen molar-refractivity contribution in [3.05, 3.63) is 57.2 Å². The molecule has 0 aliphatic carbocycles. The van der Waals surface area contributed by atoms with Crippen LogP contribution in [0.5, 0.6) is 5.75 Å². The van der Waals surface area contributed by atoms with Gasteiger partial charge in [0.2, 0.25) is 0 Å². The van der Waals surface area contributed by atoms with Crippen molar-refractivity contribution in [2.75, 3.05) is 5.32 Å². The molecule has 1 atom stereocenters. The maximum atomic E-state index is 12.5. The molecule has 1 N–H and O–H groups in total. The molecule has 0 fully saturated rings. The van der Waals surface area contributed by atoms with E-state index < -0.39 is 6.10 Å². The summed E-state index contributed by atoms with van der Waals surface area (Å²) in [5.41, 5.74) is 3.69. The van der Waals surface area contributed by atoms with Gasteiger partial charge >= 0.3 is 4.87 Å². The highest BCUT2D eigenvalue weighted by Crippen LogP contribution is 2.24. The number of nitrogens with zero attached hydrogens (tertiary/aromatic N) is 1. The molecule has 0 saturated carbocycles. The van der Waals surface area contributed by atoms with E-state index >= 15 is 0 Å². The molecule has 0 aliphatic rings. The van der Waals surface area contributed by atoms with Gasteiger partial charge in [-0.15, -0.1) is 0 Å². The second kappa shape index (κ2) is 7.33. The lowest BCUT2D eigenvalue weighted by atomic mass is 10.1. The predicted octanol–water partition coefficient (Wildman–Crippen LogP) is 4.11. The van der Waals surface area contributed by atoms with Crippen LogP contribution in [0.3, 0.4) is 0 Å². The zero-order valence-corrected chi connectivity index (χ0v) is 16.1. The molecule has 3 rings (SSSR count). The molecule has 1 amide bonds. The van der Waals surface area contributed by atoms with Gasteiger partial charge in [-0.3, -0.25) is 14.2 Å². The molecule has 0 radical (unpaired) electrons. The average Bonchev–Trinajstić information content (AvgIpc) is 2.93. The van der Waals surface area contributed by atoms with Crippen molar-refractivity contribution in [2.45, 2.75) is 40.3 Å². The molecule has 5 nitrogen and oxygen atoms in total. The maximum Gasteiger partial charge on any atom is 0.308 e. The van der Waals surface area contributed by atoms with Crippen LogP contribution in [0.4, 0.5) is 5.69 Å². The zero-order chi connectivity index (χ0) is 18.8. The minimum atomic E-state index is -0.634. The Labute approximate surface area is 156 Å². The summed E-state index contributed by atoms with van der Waals surface area (Å²) in [5.74, 6) is 0.480.